The van der Waals surface area contributed by atoms with Crippen LogP contribution in [0.25, 0.3) is 0 Å². The molecule has 0 aliphatic carbocycles. The van der Waals surface area contributed by atoms with E-state index in [2.05, 4.69) is 32.2 Å². The third-order valence-corrected chi connectivity index (χ3v) is 2.67. The normalized spacial score (nSPS) is 11.0. The number of ether oxygens (including phenoxy) is 1. The number of unbranched alkanes of at least 4 members (excludes halogenated alkanes) is 1. The fourth-order valence-corrected chi connectivity index (χ4v) is 1.63. The van der Waals surface area contributed by atoms with E-state index in [1.165, 1.54) is 12.0 Å². The lowest BCUT2D eigenvalue weighted by molar-refractivity contribution is 0.103. The maximum Gasteiger partial charge on any atom is 0.130 e. The number of aryl methyl sites for hydroxylation is 1. The second-order valence-corrected chi connectivity index (χ2v) is 4.40. The van der Waals surface area contributed by atoms with Gasteiger partial charge in [0.25, 0.3) is 0 Å². The Morgan fingerprint density at radius 1 is 1.29 bits per heavy atom. The lowest BCUT2D eigenvalue weighted by Crippen LogP contribution is -2.13. The average Bonchev–Trinajstić information content (AvgIpc) is 2.66. The Hall–Kier alpha value is -0.800. The van der Waals surface area contributed by atoms with E-state index in [1.54, 1.807) is 0 Å². The van der Waals surface area contributed by atoms with Gasteiger partial charge in [-0.1, -0.05) is 20.3 Å². The van der Waals surface area contributed by atoms with E-state index in [0.29, 0.717) is 6.61 Å². The highest BCUT2D eigenvalue weighted by molar-refractivity contribution is 5.19. The molecule has 0 spiro atoms. The Morgan fingerprint density at radius 2 is 2.12 bits per heavy atom. The van der Waals surface area contributed by atoms with Crippen LogP contribution in [0.1, 0.15) is 50.2 Å². The highest BCUT2D eigenvalue weighted by Gasteiger charge is 2.06. The van der Waals surface area contributed by atoms with Crippen molar-refractivity contribution in [1.82, 2.24) is 5.32 Å². The predicted molar refractivity (Wildman–Crippen MR) is 70.0 cm³/mol. The van der Waals surface area contributed by atoms with Crippen molar-refractivity contribution >= 4 is 0 Å². The molecule has 1 heterocycles. The molecule has 0 saturated heterocycles. The maximum absolute atomic E-state index is 5.75. The molecule has 0 saturated carbocycles. The summed E-state index contributed by atoms with van der Waals surface area (Å²) in [4.78, 5) is 0. The van der Waals surface area contributed by atoms with Crippen molar-refractivity contribution in [3.05, 3.63) is 23.2 Å². The second kappa shape index (κ2) is 8.31. The minimum atomic E-state index is 0.592. The first-order valence-corrected chi connectivity index (χ1v) is 6.64. The van der Waals surface area contributed by atoms with Crippen LogP contribution in [0.3, 0.4) is 0 Å². The first kappa shape index (κ1) is 14.3. The lowest BCUT2D eigenvalue weighted by atomic mass is 10.2. The lowest BCUT2D eigenvalue weighted by Gasteiger charge is -2.01. The van der Waals surface area contributed by atoms with Crippen LogP contribution in [0.15, 0.2) is 10.5 Å². The molecule has 1 N–H and O–H groups in total. The van der Waals surface area contributed by atoms with Gasteiger partial charge in [-0.15, -0.1) is 0 Å². The van der Waals surface area contributed by atoms with Gasteiger partial charge in [-0.25, -0.2) is 0 Å². The second-order valence-electron chi connectivity index (χ2n) is 4.40. The number of hydrogen-bond acceptors (Lipinski definition) is 3. The highest BCUT2D eigenvalue weighted by atomic mass is 16.5. The molecule has 3 nitrogen and oxygen atoms in total. The van der Waals surface area contributed by atoms with Gasteiger partial charge in [0.2, 0.25) is 0 Å². The largest absolute Gasteiger partial charge is 0.462 e. The third kappa shape index (κ3) is 5.37. The quantitative estimate of drug-likeness (QED) is 0.671. The molecule has 0 atom stereocenters. The molecule has 0 amide bonds. The summed E-state index contributed by atoms with van der Waals surface area (Å²) in [5.74, 6) is 1.97. The van der Waals surface area contributed by atoms with Gasteiger partial charge in [0.1, 0.15) is 18.1 Å². The molecule has 0 aliphatic rings. The van der Waals surface area contributed by atoms with E-state index < -0.39 is 0 Å². The topological polar surface area (TPSA) is 34.4 Å². The van der Waals surface area contributed by atoms with E-state index in [1.807, 2.05) is 0 Å². The molecular formula is C14H25NO2. The summed E-state index contributed by atoms with van der Waals surface area (Å²) in [6.07, 6.45) is 3.43. The zero-order valence-electron chi connectivity index (χ0n) is 11.3. The van der Waals surface area contributed by atoms with E-state index in [0.717, 1.165) is 44.1 Å². The Labute approximate surface area is 105 Å². The molecule has 3 heteroatoms. The van der Waals surface area contributed by atoms with Crippen LogP contribution in [0.5, 0.6) is 0 Å². The Balaban J connectivity index is 2.33. The van der Waals surface area contributed by atoms with Gasteiger partial charge in [0, 0.05) is 6.61 Å². The number of furan rings is 1. The van der Waals surface area contributed by atoms with E-state index in [9.17, 15) is 0 Å². The average molecular weight is 239 g/mol. The molecule has 0 bridgehead atoms. The van der Waals surface area contributed by atoms with Crippen LogP contribution in [0.4, 0.5) is 0 Å². The third-order valence-electron chi connectivity index (χ3n) is 2.67. The summed E-state index contributed by atoms with van der Waals surface area (Å²) in [5.41, 5.74) is 1.21. The first-order chi connectivity index (χ1) is 8.27. The van der Waals surface area contributed by atoms with Gasteiger partial charge in [0.15, 0.2) is 0 Å². The maximum atomic E-state index is 5.75. The molecule has 98 valence electrons. The monoisotopic (exact) mass is 239 g/mol. The van der Waals surface area contributed by atoms with Crippen LogP contribution < -0.4 is 5.32 Å². The minimum absolute atomic E-state index is 0.592. The van der Waals surface area contributed by atoms with Crippen molar-refractivity contribution in [1.29, 1.82) is 0 Å². The molecule has 0 aromatic carbocycles. The van der Waals surface area contributed by atoms with Crippen molar-refractivity contribution in [3.8, 4) is 0 Å². The molecular weight excluding hydrogens is 214 g/mol. The van der Waals surface area contributed by atoms with Gasteiger partial charge in [-0.2, -0.15) is 0 Å². The summed E-state index contributed by atoms with van der Waals surface area (Å²) >= 11 is 0. The van der Waals surface area contributed by atoms with Crippen molar-refractivity contribution in [2.75, 3.05) is 13.2 Å². The molecule has 0 aliphatic heterocycles. The molecule has 17 heavy (non-hydrogen) atoms. The first-order valence-electron chi connectivity index (χ1n) is 6.64. The van der Waals surface area contributed by atoms with Crippen molar-refractivity contribution in [3.63, 3.8) is 0 Å². The molecule has 1 rings (SSSR count). The van der Waals surface area contributed by atoms with Crippen molar-refractivity contribution < 1.29 is 9.15 Å². The van der Waals surface area contributed by atoms with E-state index in [4.69, 9.17) is 9.15 Å². The van der Waals surface area contributed by atoms with Crippen LogP contribution in [-0.2, 0) is 17.9 Å². The fourth-order valence-electron chi connectivity index (χ4n) is 1.63. The number of hydrogen-bond donors (Lipinski definition) is 1. The SMILES string of the molecule is CCCCOCc1cc(C)c(CNCCC)o1. The zero-order valence-corrected chi connectivity index (χ0v) is 11.3. The summed E-state index contributed by atoms with van der Waals surface area (Å²) in [5, 5.41) is 3.35. The minimum Gasteiger partial charge on any atom is -0.462 e. The molecule has 0 radical (unpaired) electrons. The van der Waals surface area contributed by atoms with E-state index >= 15 is 0 Å². The zero-order chi connectivity index (χ0) is 12.5. The van der Waals surface area contributed by atoms with Crippen molar-refractivity contribution in [2.24, 2.45) is 0 Å². The summed E-state index contributed by atoms with van der Waals surface area (Å²) < 4.78 is 11.3. The van der Waals surface area contributed by atoms with Gasteiger partial charge in [-0.05, 0) is 37.9 Å². The number of rotatable bonds is 9. The standard InChI is InChI=1S/C14H25NO2/c1-4-6-8-16-11-13-9-12(3)14(17-13)10-15-7-5-2/h9,15H,4-8,10-11H2,1-3H3. The summed E-state index contributed by atoms with van der Waals surface area (Å²) in [6, 6.07) is 2.08. The van der Waals surface area contributed by atoms with Crippen LogP contribution in [0.2, 0.25) is 0 Å². The molecule has 1 aromatic rings. The smallest absolute Gasteiger partial charge is 0.130 e. The molecule has 0 fully saturated rings. The van der Waals surface area contributed by atoms with Crippen molar-refractivity contribution in [2.45, 2.75) is 53.2 Å². The number of nitrogens with one attached hydrogen (secondary N) is 1. The molecule has 1 aromatic heterocycles. The Kier molecular flexibility index (Phi) is 6.97. The van der Waals surface area contributed by atoms with Crippen LogP contribution in [0, 0.1) is 6.92 Å². The van der Waals surface area contributed by atoms with Crippen LogP contribution in [-0.4, -0.2) is 13.2 Å². The molecule has 0 unspecified atom stereocenters. The Morgan fingerprint density at radius 3 is 2.82 bits per heavy atom. The van der Waals surface area contributed by atoms with Crippen LogP contribution >= 0.6 is 0 Å². The highest BCUT2D eigenvalue weighted by Crippen LogP contribution is 2.15. The van der Waals surface area contributed by atoms with Gasteiger partial charge < -0.3 is 14.5 Å². The van der Waals surface area contributed by atoms with Gasteiger partial charge in [-0.3, -0.25) is 0 Å². The fraction of sp³-hybridized carbons (Fsp3) is 0.714. The summed E-state index contributed by atoms with van der Waals surface area (Å²) in [7, 11) is 0. The Bertz CT molecular complexity index is 307. The summed E-state index contributed by atoms with van der Waals surface area (Å²) in [6.45, 7) is 9.67. The van der Waals surface area contributed by atoms with E-state index in [-0.39, 0.29) is 0 Å². The van der Waals surface area contributed by atoms with Gasteiger partial charge in [0.05, 0.1) is 6.54 Å². The predicted octanol–water partition coefficient (Wildman–Crippen LogP) is 3.40. The van der Waals surface area contributed by atoms with Gasteiger partial charge >= 0.3 is 0 Å².